The lowest BCUT2D eigenvalue weighted by Crippen LogP contribution is -3.00. The molecule has 0 atom stereocenters. The summed E-state index contributed by atoms with van der Waals surface area (Å²) in [6, 6.07) is 7.38. The summed E-state index contributed by atoms with van der Waals surface area (Å²) in [7, 11) is 4.06. The number of methoxy groups -OCH3 is 1. The highest BCUT2D eigenvalue weighted by Gasteiger charge is 2.21. The van der Waals surface area contributed by atoms with Crippen molar-refractivity contribution in [2.45, 2.75) is 129 Å². The van der Waals surface area contributed by atoms with E-state index in [9.17, 15) is 4.79 Å². The Balaban J connectivity index is 0.0000137. The molecule has 1 N–H and O–H groups in total. The van der Waals surface area contributed by atoms with Crippen LogP contribution in [0.15, 0.2) is 24.3 Å². The Labute approximate surface area is 253 Å². The highest BCUT2D eigenvalue weighted by molar-refractivity contribution is 5.94. The summed E-state index contributed by atoms with van der Waals surface area (Å²) in [6.45, 7) is 8.77. The van der Waals surface area contributed by atoms with Gasteiger partial charge in [-0.3, -0.25) is 4.79 Å². The molecule has 1 aromatic rings. The van der Waals surface area contributed by atoms with Crippen LogP contribution >= 0.6 is 0 Å². The molecular weight excluding hydrogens is 583 g/mol. The summed E-state index contributed by atoms with van der Waals surface area (Å²) < 4.78 is 6.29. The third-order valence-corrected chi connectivity index (χ3v) is 7.89. The SMILES string of the molecule is CCCCCCCCCCC[N+](C)(CCCCCCCCCCC)CCNC(=O)c1ccc(OC)cc1.[I-]. The molecule has 0 aliphatic heterocycles. The largest absolute Gasteiger partial charge is 1.00 e. The van der Waals surface area contributed by atoms with Crippen LogP contribution in [0.3, 0.4) is 0 Å². The lowest BCUT2D eigenvalue weighted by molar-refractivity contribution is -0.908. The van der Waals surface area contributed by atoms with E-state index in [0.717, 1.165) is 23.3 Å². The van der Waals surface area contributed by atoms with Crippen LogP contribution < -0.4 is 34.0 Å². The van der Waals surface area contributed by atoms with Gasteiger partial charge >= 0.3 is 0 Å². The fraction of sp³-hybridized carbons (Fsp3) is 0.788. The summed E-state index contributed by atoms with van der Waals surface area (Å²) in [5.41, 5.74) is 0.702. The molecule has 0 heterocycles. The molecule has 1 amide bonds. The lowest BCUT2D eigenvalue weighted by Gasteiger charge is -2.35. The Kier molecular flexibility index (Phi) is 24.6. The molecule has 0 saturated heterocycles. The van der Waals surface area contributed by atoms with Gasteiger partial charge in [-0.25, -0.2) is 0 Å². The number of nitrogens with one attached hydrogen (secondary N) is 1. The number of halogens is 1. The molecule has 5 heteroatoms. The first kappa shape index (κ1) is 37.2. The van der Waals surface area contributed by atoms with Gasteiger partial charge in [0.2, 0.25) is 0 Å². The molecule has 0 aromatic heterocycles. The molecule has 4 nitrogen and oxygen atoms in total. The number of hydrogen-bond donors (Lipinski definition) is 1. The number of nitrogens with zero attached hydrogens (tertiary/aromatic N) is 1. The summed E-state index contributed by atoms with van der Waals surface area (Å²) >= 11 is 0. The zero-order valence-corrected chi connectivity index (χ0v) is 27.7. The molecule has 0 saturated carbocycles. The van der Waals surface area contributed by atoms with Gasteiger partial charge < -0.3 is 38.5 Å². The number of ether oxygens (including phenoxy) is 1. The maximum absolute atomic E-state index is 12.6. The van der Waals surface area contributed by atoms with Crippen LogP contribution in [0.25, 0.3) is 0 Å². The first-order valence-corrected chi connectivity index (χ1v) is 15.8. The van der Waals surface area contributed by atoms with Crippen molar-refractivity contribution in [1.29, 1.82) is 0 Å². The molecule has 0 unspecified atom stereocenters. The molecule has 1 aromatic carbocycles. The zero-order chi connectivity index (χ0) is 27.0. The van der Waals surface area contributed by atoms with E-state index in [4.69, 9.17) is 4.74 Å². The topological polar surface area (TPSA) is 38.3 Å². The van der Waals surface area contributed by atoms with E-state index < -0.39 is 0 Å². The van der Waals surface area contributed by atoms with E-state index in [2.05, 4.69) is 26.2 Å². The Bertz CT molecular complexity index is 643. The molecule has 0 aliphatic carbocycles. The molecule has 0 radical (unpaired) electrons. The minimum atomic E-state index is 0. The van der Waals surface area contributed by atoms with Crippen LogP contribution in [0.4, 0.5) is 0 Å². The minimum absolute atomic E-state index is 0. The number of carbonyl (C=O) groups excluding carboxylic acids is 1. The van der Waals surface area contributed by atoms with Crippen molar-refractivity contribution in [1.82, 2.24) is 5.32 Å². The van der Waals surface area contributed by atoms with Gasteiger partial charge in [0.15, 0.2) is 0 Å². The fourth-order valence-corrected chi connectivity index (χ4v) is 5.23. The van der Waals surface area contributed by atoms with Crippen molar-refractivity contribution in [2.75, 3.05) is 40.3 Å². The normalized spacial score (nSPS) is 11.3. The summed E-state index contributed by atoms with van der Waals surface area (Å²) in [5.74, 6) is 0.794. The summed E-state index contributed by atoms with van der Waals surface area (Å²) in [6.07, 6.45) is 24.7. The second-order valence-electron chi connectivity index (χ2n) is 11.4. The number of rotatable bonds is 25. The maximum atomic E-state index is 12.6. The average Bonchev–Trinajstić information content (AvgIpc) is 2.91. The number of carbonyl (C=O) groups is 1. The predicted molar refractivity (Wildman–Crippen MR) is 161 cm³/mol. The van der Waals surface area contributed by atoms with E-state index in [0.29, 0.717) is 5.56 Å². The molecule has 0 fully saturated rings. The van der Waals surface area contributed by atoms with Crippen molar-refractivity contribution in [3.8, 4) is 5.75 Å². The van der Waals surface area contributed by atoms with Gasteiger partial charge in [0.05, 0.1) is 40.3 Å². The minimum Gasteiger partial charge on any atom is -1.00 e. The second-order valence-corrected chi connectivity index (χ2v) is 11.4. The zero-order valence-electron chi connectivity index (χ0n) is 25.5. The molecule has 222 valence electrons. The van der Waals surface area contributed by atoms with Gasteiger partial charge in [0.1, 0.15) is 5.75 Å². The summed E-state index contributed by atoms with van der Waals surface area (Å²) in [5, 5.41) is 3.17. The number of amides is 1. The van der Waals surface area contributed by atoms with Crippen LogP contribution in [-0.2, 0) is 0 Å². The predicted octanol–water partition coefficient (Wildman–Crippen LogP) is 5.94. The number of hydrogen-bond acceptors (Lipinski definition) is 2. The number of quaternary nitrogens is 1. The lowest BCUT2D eigenvalue weighted by atomic mass is 10.1. The van der Waals surface area contributed by atoms with Gasteiger partial charge in [-0.1, -0.05) is 104 Å². The number of benzene rings is 1. The van der Waals surface area contributed by atoms with Gasteiger partial charge in [0, 0.05) is 5.56 Å². The maximum Gasteiger partial charge on any atom is 0.251 e. The average molecular weight is 645 g/mol. The monoisotopic (exact) mass is 644 g/mol. The Hall–Kier alpha value is -0.820. The van der Waals surface area contributed by atoms with Gasteiger partial charge in [-0.15, -0.1) is 0 Å². The van der Waals surface area contributed by atoms with Crippen LogP contribution in [-0.4, -0.2) is 50.7 Å². The van der Waals surface area contributed by atoms with E-state index in [-0.39, 0.29) is 29.9 Å². The Morgan fingerprint density at radius 3 is 1.45 bits per heavy atom. The van der Waals surface area contributed by atoms with Crippen LogP contribution in [0.1, 0.15) is 140 Å². The van der Waals surface area contributed by atoms with Crippen LogP contribution in [0, 0.1) is 0 Å². The van der Waals surface area contributed by atoms with Crippen LogP contribution in [0.5, 0.6) is 5.75 Å². The highest BCUT2D eigenvalue weighted by atomic mass is 127. The van der Waals surface area contributed by atoms with Crippen molar-refractivity contribution in [2.24, 2.45) is 0 Å². The van der Waals surface area contributed by atoms with E-state index in [1.54, 1.807) is 7.11 Å². The smallest absolute Gasteiger partial charge is 0.251 e. The van der Waals surface area contributed by atoms with E-state index in [1.165, 1.54) is 129 Å². The molecule has 38 heavy (non-hydrogen) atoms. The third kappa shape index (κ3) is 19.3. The number of likely N-dealkylation sites (N-methyl/N-ethyl adjacent to an activating group) is 1. The molecule has 0 aliphatic rings. The van der Waals surface area contributed by atoms with Gasteiger partial charge in [-0.05, 0) is 49.9 Å². The van der Waals surface area contributed by atoms with Gasteiger partial charge in [-0.2, -0.15) is 0 Å². The van der Waals surface area contributed by atoms with Crippen molar-refractivity contribution < 1.29 is 38.0 Å². The second kappa shape index (κ2) is 25.2. The molecule has 0 bridgehead atoms. The van der Waals surface area contributed by atoms with E-state index in [1.807, 2.05) is 24.3 Å². The third-order valence-electron chi connectivity index (χ3n) is 7.89. The molecule has 0 spiro atoms. The quantitative estimate of drug-likeness (QED) is 0.0814. The standard InChI is InChI=1S/C33H60N2O2.HI/c1-5-7-9-11-13-15-17-19-21-28-35(3,29-22-20-18-16-14-12-10-8-6-2)30-27-34-33(36)31-23-25-32(37-4)26-24-31;/h23-26H,5-22,27-30H2,1-4H3;1H. The summed E-state index contributed by atoms with van der Waals surface area (Å²) in [4.78, 5) is 12.6. The first-order valence-electron chi connectivity index (χ1n) is 15.8. The number of unbranched alkanes of at least 4 members (excludes halogenated alkanes) is 16. The molecular formula is C33H61IN2O2. The van der Waals surface area contributed by atoms with Crippen molar-refractivity contribution >= 4 is 5.91 Å². The fourth-order valence-electron chi connectivity index (χ4n) is 5.23. The highest BCUT2D eigenvalue weighted by Crippen LogP contribution is 2.15. The Morgan fingerprint density at radius 1 is 0.658 bits per heavy atom. The van der Waals surface area contributed by atoms with Gasteiger partial charge in [0.25, 0.3) is 5.91 Å². The van der Waals surface area contributed by atoms with E-state index >= 15 is 0 Å². The Morgan fingerprint density at radius 2 is 1.05 bits per heavy atom. The first-order chi connectivity index (χ1) is 18.0. The van der Waals surface area contributed by atoms with Crippen molar-refractivity contribution in [3.63, 3.8) is 0 Å². The molecule has 1 rings (SSSR count). The van der Waals surface area contributed by atoms with Crippen molar-refractivity contribution in [3.05, 3.63) is 29.8 Å². The van der Waals surface area contributed by atoms with Crippen LogP contribution in [0.2, 0.25) is 0 Å².